The maximum absolute atomic E-state index is 13.2. The molecule has 0 aromatic heterocycles. The van der Waals surface area contributed by atoms with E-state index >= 15 is 0 Å². The fourth-order valence-corrected chi connectivity index (χ4v) is 4.57. The molecule has 4 aromatic rings. The molecule has 0 saturated carbocycles. The molecule has 0 radical (unpaired) electrons. The van der Waals surface area contributed by atoms with Crippen molar-refractivity contribution in [3.8, 4) is 5.75 Å². The van der Waals surface area contributed by atoms with Gasteiger partial charge in [0.1, 0.15) is 18.4 Å². The van der Waals surface area contributed by atoms with Gasteiger partial charge in [-0.15, -0.1) is 0 Å². The van der Waals surface area contributed by atoms with E-state index in [2.05, 4.69) is 5.32 Å². The monoisotopic (exact) mass is 576 g/mol. The van der Waals surface area contributed by atoms with Crippen molar-refractivity contribution in [2.24, 2.45) is 0 Å². The first-order chi connectivity index (χ1) is 21.0. The van der Waals surface area contributed by atoms with Crippen LogP contribution in [-0.4, -0.2) is 55.4 Å². The van der Waals surface area contributed by atoms with Gasteiger partial charge in [0.05, 0.1) is 13.7 Å². The van der Waals surface area contributed by atoms with Gasteiger partial charge in [0.25, 0.3) is 0 Å². The summed E-state index contributed by atoms with van der Waals surface area (Å²) in [6.45, 7) is 3.30. The first kappa shape index (κ1) is 30.8. The zero-order chi connectivity index (χ0) is 30.4. The number of benzene rings is 4. The lowest BCUT2D eigenvalue weighted by Crippen LogP contribution is -2.33. The number of hydrogen-bond donors (Lipinski definition) is 1. The standard InChI is InChI=1S/C36H36N2O5/c1-3-38(34(39)23-20-27-12-6-4-7-13-27)24-25-43-30-21-18-28(19-22-30)26-33(36(41)42-2)37-32-17-11-10-16-31(32)35(40)29-14-8-5-9-15-29/h4-23,33,37H,3,24-26H2,1-2H3/t33-/m0/s1. The summed E-state index contributed by atoms with van der Waals surface area (Å²) in [6.07, 6.45) is 3.73. The van der Waals surface area contributed by atoms with Gasteiger partial charge < -0.3 is 19.7 Å². The molecule has 7 heteroatoms. The largest absolute Gasteiger partial charge is 0.492 e. The molecule has 0 bridgehead atoms. The molecule has 0 aliphatic heterocycles. The molecule has 1 amide bonds. The minimum absolute atomic E-state index is 0.0707. The zero-order valence-electron chi connectivity index (χ0n) is 24.4. The molecule has 0 aliphatic rings. The minimum atomic E-state index is -0.713. The third kappa shape index (κ3) is 8.91. The van der Waals surface area contributed by atoms with Crippen molar-refractivity contribution < 1.29 is 23.9 Å². The number of anilines is 1. The maximum Gasteiger partial charge on any atom is 0.328 e. The second-order valence-corrected chi connectivity index (χ2v) is 9.82. The molecule has 0 unspecified atom stereocenters. The van der Waals surface area contributed by atoms with Gasteiger partial charge in [0, 0.05) is 35.9 Å². The van der Waals surface area contributed by atoms with Crippen LogP contribution in [0.15, 0.2) is 115 Å². The third-order valence-corrected chi connectivity index (χ3v) is 6.93. The van der Waals surface area contributed by atoms with E-state index in [9.17, 15) is 14.4 Å². The number of likely N-dealkylation sites (N-methyl/N-ethyl adjacent to an activating group) is 1. The Bertz CT molecular complexity index is 1520. The summed E-state index contributed by atoms with van der Waals surface area (Å²) < 4.78 is 11.0. The van der Waals surface area contributed by atoms with Crippen LogP contribution in [0.5, 0.6) is 5.75 Å². The second-order valence-electron chi connectivity index (χ2n) is 9.82. The predicted molar refractivity (Wildman–Crippen MR) is 169 cm³/mol. The van der Waals surface area contributed by atoms with E-state index < -0.39 is 12.0 Å². The molecular weight excluding hydrogens is 540 g/mol. The van der Waals surface area contributed by atoms with Crippen LogP contribution in [0, 0.1) is 0 Å². The SMILES string of the molecule is CCN(CCOc1ccc(C[C@H](Nc2ccccc2C(=O)c2ccccc2)C(=O)OC)cc1)C(=O)C=Cc1ccccc1. The molecule has 7 nitrogen and oxygen atoms in total. The van der Waals surface area contributed by atoms with E-state index in [1.54, 1.807) is 47.4 Å². The molecule has 0 fully saturated rings. The average molecular weight is 577 g/mol. The van der Waals surface area contributed by atoms with Crippen LogP contribution in [0.3, 0.4) is 0 Å². The quantitative estimate of drug-likeness (QED) is 0.112. The summed E-state index contributed by atoms with van der Waals surface area (Å²) in [5.41, 5.74) is 3.45. The number of nitrogens with one attached hydrogen (secondary N) is 1. The van der Waals surface area contributed by atoms with Crippen molar-refractivity contribution in [3.63, 3.8) is 0 Å². The van der Waals surface area contributed by atoms with Crippen LogP contribution >= 0.6 is 0 Å². The van der Waals surface area contributed by atoms with Gasteiger partial charge in [0.2, 0.25) is 5.91 Å². The Morgan fingerprint density at radius 1 is 0.837 bits per heavy atom. The van der Waals surface area contributed by atoms with Gasteiger partial charge in [-0.2, -0.15) is 0 Å². The van der Waals surface area contributed by atoms with Crippen molar-refractivity contribution in [3.05, 3.63) is 138 Å². The lowest BCUT2D eigenvalue weighted by atomic mass is 10.00. The van der Waals surface area contributed by atoms with Gasteiger partial charge in [0.15, 0.2) is 5.78 Å². The van der Waals surface area contributed by atoms with Crippen molar-refractivity contribution in [2.75, 3.05) is 32.1 Å². The summed E-state index contributed by atoms with van der Waals surface area (Å²) in [5, 5.41) is 3.23. The number of methoxy groups -OCH3 is 1. The van der Waals surface area contributed by atoms with Gasteiger partial charge in [-0.1, -0.05) is 84.9 Å². The van der Waals surface area contributed by atoms with Crippen molar-refractivity contribution in [1.82, 2.24) is 4.90 Å². The molecule has 1 atom stereocenters. The van der Waals surface area contributed by atoms with Crippen LogP contribution < -0.4 is 10.1 Å². The van der Waals surface area contributed by atoms with E-state index in [1.807, 2.05) is 85.8 Å². The van der Waals surface area contributed by atoms with Crippen molar-refractivity contribution in [1.29, 1.82) is 0 Å². The van der Waals surface area contributed by atoms with E-state index in [1.165, 1.54) is 7.11 Å². The molecule has 220 valence electrons. The topological polar surface area (TPSA) is 84.9 Å². The number of carbonyl (C=O) groups excluding carboxylic acids is 3. The lowest BCUT2D eigenvalue weighted by molar-refractivity contribution is -0.141. The summed E-state index contributed by atoms with van der Waals surface area (Å²) in [4.78, 5) is 40.2. The number of amides is 1. The molecule has 0 spiro atoms. The molecule has 0 heterocycles. The highest BCUT2D eigenvalue weighted by Crippen LogP contribution is 2.22. The van der Waals surface area contributed by atoms with Gasteiger partial charge in [-0.3, -0.25) is 9.59 Å². The number of ketones is 1. The van der Waals surface area contributed by atoms with E-state index in [4.69, 9.17) is 9.47 Å². The molecule has 4 rings (SSSR count). The van der Waals surface area contributed by atoms with Crippen molar-refractivity contribution >= 4 is 29.4 Å². The van der Waals surface area contributed by atoms with Gasteiger partial charge >= 0.3 is 5.97 Å². The smallest absolute Gasteiger partial charge is 0.328 e. The maximum atomic E-state index is 13.2. The van der Waals surface area contributed by atoms with E-state index in [0.717, 1.165) is 11.1 Å². The normalized spacial score (nSPS) is 11.5. The first-order valence-electron chi connectivity index (χ1n) is 14.3. The second kappa shape index (κ2) is 15.7. The Kier molecular flexibility index (Phi) is 11.3. The number of esters is 1. The van der Waals surface area contributed by atoms with Crippen LogP contribution in [0.2, 0.25) is 0 Å². The van der Waals surface area contributed by atoms with Crippen molar-refractivity contribution in [2.45, 2.75) is 19.4 Å². The number of nitrogens with zero attached hydrogens (tertiary/aromatic N) is 1. The summed E-state index contributed by atoms with van der Waals surface area (Å²) >= 11 is 0. The molecule has 0 saturated heterocycles. The Balaban J connectivity index is 1.35. The van der Waals surface area contributed by atoms with Crippen LogP contribution in [0.1, 0.15) is 34.0 Å². The zero-order valence-corrected chi connectivity index (χ0v) is 24.4. The molecule has 0 aliphatic carbocycles. The molecular formula is C36H36N2O5. The Hall–Kier alpha value is -5.17. The molecule has 4 aromatic carbocycles. The third-order valence-electron chi connectivity index (χ3n) is 6.93. The Morgan fingerprint density at radius 3 is 2.16 bits per heavy atom. The highest BCUT2D eigenvalue weighted by molar-refractivity contribution is 6.12. The van der Waals surface area contributed by atoms with E-state index in [0.29, 0.717) is 48.7 Å². The minimum Gasteiger partial charge on any atom is -0.492 e. The van der Waals surface area contributed by atoms with Gasteiger partial charge in [-0.05, 0) is 48.4 Å². The summed E-state index contributed by atoms with van der Waals surface area (Å²) in [6, 6.07) is 32.6. The Morgan fingerprint density at radius 2 is 1.49 bits per heavy atom. The number of hydrogen-bond acceptors (Lipinski definition) is 6. The number of ether oxygens (including phenoxy) is 2. The fourth-order valence-electron chi connectivity index (χ4n) is 4.57. The summed E-state index contributed by atoms with van der Waals surface area (Å²) in [7, 11) is 1.34. The lowest BCUT2D eigenvalue weighted by Gasteiger charge is -2.20. The summed E-state index contributed by atoms with van der Waals surface area (Å²) in [5.74, 6) is 0.0180. The highest BCUT2D eigenvalue weighted by atomic mass is 16.5. The Labute approximate surface area is 252 Å². The van der Waals surface area contributed by atoms with Crippen LogP contribution in [0.25, 0.3) is 6.08 Å². The van der Waals surface area contributed by atoms with E-state index in [-0.39, 0.29) is 11.7 Å². The number of rotatable bonds is 14. The molecule has 43 heavy (non-hydrogen) atoms. The fraction of sp³-hybridized carbons (Fsp3) is 0.194. The predicted octanol–water partition coefficient (Wildman–Crippen LogP) is 6.05. The number of para-hydroxylation sites is 1. The van der Waals surface area contributed by atoms with Gasteiger partial charge in [-0.25, -0.2) is 4.79 Å². The first-order valence-corrected chi connectivity index (χ1v) is 14.3. The molecule has 1 N–H and O–H groups in total. The van der Waals surface area contributed by atoms with Crippen LogP contribution in [0.4, 0.5) is 5.69 Å². The average Bonchev–Trinajstić information content (AvgIpc) is 3.06. The number of carbonyl (C=O) groups is 3. The van der Waals surface area contributed by atoms with Crippen LogP contribution in [-0.2, 0) is 20.7 Å². The highest BCUT2D eigenvalue weighted by Gasteiger charge is 2.22.